The zero-order chi connectivity index (χ0) is 16.2. The Bertz CT molecular complexity index is 697. The summed E-state index contributed by atoms with van der Waals surface area (Å²) in [5, 5.41) is 0. The van der Waals surface area contributed by atoms with Crippen LogP contribution < -0.4 is 9.62 Å². The molecule has 5 heteroatoms. The van der Waals surface area contributed by atoms with E-state index in [1.165, 1.54) is 0 Å². The lowest BCUT2D eigenvalue weighted by Crippen LogP contribution is -2.40. The van der Waals surface area contributed by atoms with Crippen molar-refractivity contribution in [3.8, 4) is 0 Å². The molecular weight excluding hydrogens is 296 g/mol. The van der Waals surface area contributed by atoms with Gasteiger partial charge in [-0.05, 0) is 38.1 Å². The number of benzene rings is 2. The highest BCUT2D eigenvalue weighted by Gasteiger charge is 2.17. The molecule has 2 rings (SSSR count). The van der Waals surface area contributed by atoms with Crippen LogP contribution in [0.2, 0.25) is 0 Å². The van der Waals surface area contributed by atoms with Gasteiger partial charge in [-0.3, -0.25) is 0 Å². The lowest BCUT2D eigenvalue weighted by atomic mass is 10.2. The summed E-state index contributed by atoms with van der Waals surface area (Å²) in [4.78, 5) is 2.35. The van der Waals surface area contributed by atoms with E-state index in [0.717, 1.165) is 11.3 Å². The third-order valence-electron chi connectivity index (χ3n) is 3.72. The Morgan fingerprint density at radius 3 is 2.23 bits per heavy atom. The largest absolute Gasteiger partial charge is 0.371 e. The molecule has 0 aromatic heterocycles. The lowest BCUT2D eigenvalue weighted by Gasteiger charge is -2.27. The summed E-state index contributed by atoms with van der Waals surface area (Å²) in [6.07, 6.45) is 0. The second-order valence-electron chi connectivity index (χ2n) is 5.46. The molecule has 2 aromatic rings. The van der Waals surface area contributed by atoms with Crippen LogP contribution in [0.4, 0.5) is 5.69 Å². The molecular formula is C17H22N2O2S. The highest BCUT2D eigenvalue weighted by atomic mass is 32.2. The normalized spacial score (nSPS) is 12.9. The third-order valence-corrected chi connectivity index (χ3v) is 5.16. The molecule has 0 radical (unpaired) electrons. The summed E-state index contributed by atoms with van der Waals surface area (Å²) >= 11 is 0. The standard InChI is InChI=1S/C17H22N2O2S/c1-14-9-11-17(12-10-14)22(20,21)18-13-15(2)19(3)16-7-5-4-6-8-16/h4-12,15,18H,13H2,1-3H3/t15-/m0/s1. The third kappa shape index (κ3) is 4.08. The predicted octanol–water partition coefficient (Wildman–Crippen LogP) is 2.80. The van der Waals surface area contributed by atoms with Crippen LogP contribution in [0.5, 0.6) is 0 Å². The highest BCUT2D eigenvalue weighted by molar-refractivity contribution is 7.89. The lowest BCUT2D eigenvalue weighted by molar-refractivity contribution is 0.570. The fraction of sp³-hybridized carbons (Fsp3) is 0.294. The van der Waals surface area contributed by atoms with E-state index in [1.54, 1.807) is 24.3 Å². The van der Waals surface area contributed by atoms with Crippen molar-refractivity contribution < 1.29 is 8.42 Å². The average Bonchev–Trinajstić information content (AvgIpc) is 2.53. The maximum absolute atomic E-state index is 12.3. The molecule has 0 spiro atoms. The summed E-state index contributed by atoms with van der Waals surface area (Å²) < 4.78 is 27.2. The Morgan fingerprint density at radius 2 is 1.64 bits per heavy atom. The SMILES string of the molecule is Cc1ccc(S(=O)(=O)NC[C@H](C)N(C)c2ccccc2)cc1. The smallest absolute Gasteiger partial charge is 0.240 e. The number of aryl methyl sites for hydroxylation is 1. The molecule has 4 nitrogen and oxygen atoms in total. The van der Waals surface area contributed by atoms with Gasteiger partial charge in [-0.1, -0.05) is 35.9 Å². The number of nitrogens with one attached hydrogen (secondary N) is 1. The van der Waals surface area contributed by atoms with E-state index >= 15 is 0 Å². The molecule has 0 aliphatic carbocycles. The van der Waals surface area contributed by atoms with Crippen LogP contribution in [0.15, 0.2) is 59.5 Å². The summed E-state index contributed by atoms with van der Waals surface area (Å²) in [6.45, 7) is 4.27. The van der Waals surface area contributed by atoms with Crippen LogP contribution in [0, 0.1) is 6.92 Å². The van der Waals surface area contributed by atoms with Crippen molar-refractivity contribution in [2.24, 2.45) is 0 Å². The van der Waals surface area contributed by atoms with Crippen molar-refractivity contribution in [2.75, 3.05) is 18.5 Å². The van der Waals surface area contributed by atoms with Gasteiger partial charge in [0.1, 0.15) is 0 Å². The predicted molar refractivity (Wildman–Crippen MR) is 90.7 cm³/mol. The minimum Gasteiger partial charge on any atom is -0.371 e. The monoisotopic (exact) mass is 318 g/mol. The van der Waals surface area contributed by atoms with Gasteiger partial charge in [-0.25, -0.2) is 13.1 Å². The van der Waals surface area contributed by atoms with Crippen LogP contribution in [-0.4, -0.2) is 28.1 Å². The van der Waals surface area contributed by atoms with Crippen molar-refractivity contribution in [3.63, 3.8) is 0 Å². The number of sulfonamides is 1. The Balaban J connectivity index is 2.01. The minimum atomic E-state index is -3.46. The van der Waals surface area contributed by atoms with Crippen molar-refractivity contribution in [1.29, 1.82) is 0 Å². The van der Waals surface area contributed by atoms with Crippen LogP contribution in [0.3, 0.4) is 0 Å². The number of hydrogen-bond donors (Lipinski definition) is 1. The fourth-order valence-corrected chi connectivity index (χ4v) is 3.21. The molecule has 0 fully saturated rings. The molecule has 2 aromatic carbocycles. The van der Waals surface area contributed by atoms with Gasteiger partial charge in [-0.2, -0.15) is 0 Å². The minimum absolute atomic E-state index is 0.0441. The van der Waals surface area contributed by atoms with Gasteiger partial charge in [0.2, 0.25) is 10.0 Å². The van der Waals surface area contributed by atoms with Gasteiger partial charge in [0, 0.05) is 25.3 Å². The first-order valence-electron chi connectivity index (χ1n) is 7.24. The molecule has 0 unspecified atom stereocenters. The van der Waals surface area contributed by atoms with Gasteiger partial charge >= 0.3 is 0 Å². The first kappa shape index (κ1) is 16.5. The molecule has 0 bridgehead atoms. The molecule has 1 N–H and O–H groups in total. The molecule has 0 heterocycles. The maximum atomic E-state index is 12.3. The molecule has 0 aliphatic rings. The molecule has 0 amide bonds. The number of para-hydroxylation sites is 1. The van der Waals surface area contributed by atoms with Crippen LogP contribution in [-0.2, 0) is 10.0 Å². The summed E-state index contributed by atoms with van der Waals surface area (Å²) in [7, 11) is -1.51. The molecule has 1 atom stereocenters. The molecule has 22 heavy (non-hydrogen) atoms. The van der Waals surface area contributed by atoms with Crippen molar-refractivity contribution >= 4 is 15.7 Å². The van der Waals surface area contributed by atoms with E-state index in [-0.39, 0.29) is 6.04 Å². The van der Waals surface area contributed by atoms with Crippen molar-refractivity contribution in [3.05, 3.63) is 60.2 Å². The topological polar surface area (TPSA) is 49.4 Å². The first-order valence-corrected chi connectivity index (χ1v) is 8.72. The van der Waals surface area contributed by atoms with E-state index in [1.807, 2.05) is 51.2 Å². The van der Waals surface area contributed by atoms with E-state index in [2.05, 4.69) is 9.62 Å². The maximum Gasteiger partial charge on any atom is 0.240 e. The Kier molecular flexibility index (Phi) is 5.21. The van der Waals surface area contributed by atoms with Gasteiger partial charge in [-0.15, -0.1) is 0 Å². The average molecular weight is 318 g/mol. The Labute approximate surface area is 132 Å². The molecule has 118 valence electrons. The number of likely N-dealkylation sites (N-methyl/N-ethyl adjacent to an activating group) is 1. The highest BCUT2D eigenvalue weighted by Crippen LogP contribution is 2.14. The molecule has 0 saturated carbocycles. The molecule has 0 aliphatic heterocycles. The number of nitrogens with zero attached hydrogens (tertiary/aromatic N) is 1. The van der Waals surface area contributed by atoms with Crippen LogP contribution in [0.1, 0.15) is 12.5 Å². The van der Waals surface area contributed by atoms with Gasteiger partial charge in [0.25, 0.3) is 0 Å². The van der Waals surface area contributed by atoms with E-state index in [4.69, 9.17) is 0 Å². The second kappa shape index (κ2) is 6.94. The number of hydrogen-bond acceptors (Lipinski definition) is 3. The van der Waals surface area contributed by atoms with Crippen molar-refractivity contribution in [2.45, 2.75) is 24.8 Å². The first-order chi connectivity index (χ1) is 10.4. The summed E-state index contributed by atoms with van der Waals surface area (Å²) in [6, 6.07) is 16.8. The van der Waals surface area contributed by atoms with E-state index in [0.29, 0.717) is 11.4 Å². The van der Waals surface area contributed by atoms with Crippen LogP contribution in [0.25, 0.3) is 0 Å². The zero-order valence-corrected chi connectivity index (χ0v) is 14.0. The Morgan fingerprint density at radius 1 is 1.05 bits per heavy atom. The fourth-order valence-electron chi connectivity index (χ4n) is 2.09. The van der Waals surface area contributed by atoms with Crippen molar-refractivity contribution in [1.82, 2.24) is 4.72 Å². The second-order valence-corrected chi connectivity index (χ2v) is 7.23. The Hall–Kier alpha value is -1.85. The van der Waals surface area contributed by atoms with Gasteiger partial charge < -0.3 is 4.90 Å². The van der Waals surface area contributed by atoms with Crippen LogP contribution >= 0.6 is 0 Å². The zero-order valence-electron chi connectivity index (χ0n) is 13.2. The molecule has 0 saturated heterocycles. The van der Waals surface area contributed by atoms with Gasteiger partial charge in [0.15, 0.2) is 0 Å². The quantitative estimate of drug-likeness (QED) is 0.891. The van der Waals surface area contributed by atoms with Gasteiger partial charge in [0.05, 0.1) is 4.90 Å². The number of rotatable bonds is 6. The van der Waals surface area contributed by atoms with E-state index < -0.39 is 10.0 Å². The summed E-state index contributed by atoms with van der Waals surface area (Å²) in [5.41, 5.74) is 2.10. The summed E-state index contributed by atoms with van der Waals surface area (Å²) in [5.74, 6) is 0. The van der Waals surface area contributed by atoms with E-state index in [9.17, 15) is 8.42 Å². The number of anilines is 1.